The van der Waals surface area contributed by atoms with Crippen LogP contribution in [0.15, 0.2) is 30.6 Å². The second-order valence-electron chi connectivity index (χ2n) is 3.73. The van der Waals surface area contributed by atoms with E-state index in [0.29, 0.717) is 21.0 Å². The number of rotatable bonds is 2. The number of hydrogen-bond donors (Lipinski definition) is 1. The summed E-state index contributed by atoms with van der Waals surface area (Å²) in [5.74, 6) is 0. The Bertz CT molecular complexity index is 753. The number of nitro groups is 1. The zero-order valence-corrected chi connectivity index (χ0v) is 10.3. The molecule has 0 aliphatic carbocycles. The van der Waals surface area contributed by atoms with Crippen LogP contribution in [0.3, 0.4) is 0 Å². The summed E-state index contributed by atoms with van der Waals surface area (Å²) in [5, 5.41) is 11.5. The van der Waals surface area contributed by atoms with E-state index in [1.165, 1.54) is 23.5 Å². The summed E-state index contributed by atoms with van der Waals surface area (Å²) < 4.78 is 0. The Morgan fingerprint density at radius 1 is 1.26 bits per heavy atom. The Morgan fingerprint density at radius 2 is 2.05 bits per heavy atom. The summed E-state index contributed by atoms with van der Waals surface area (Å²) >= 11 is 1.33. The first-order valence-corrected chi connectivity index (χ1v) is 6.08. The fourth-order valence-corrected chi connectivity index (χ4v) is 2.50. The van der Waals surface area contributed by atoms with Crippen molar-refractivity contribution in [3.63, 3.8) is 0 Å². The van der Waals surface area contributed by atoms with Gasteiger partial charge in [-0.3, -0.25) is 10.1 Å². The molecule has 1 aromatic carbocycles. The number of nitrogens with zero attached hydrogens (tertiary/aromatic N) is 4. The van der Waals surface area contributed by atoms with Crippen LogP contribution in [-0.4, -0.2) is 19.9 Å². The molecule has 3 rings (SSSR count). The predicted octanol–water partition coefficient (Wildman–Crippen LogP) is 2.24. The Hall–Kier alpha value is -2.61. The van der Waals surface area contributed by atoms with Crippen LogP contribution in [0.1, 0.15) is 0 Å². The molecule has 0 amide bonds. The van der Waals surface area contributed by atoms with Crippen LogP contribution in [0.5, 0.6) is 0 Å². The van der Waals surface area contributed by atoms with Crippen LogP contribution in [0.4, 0.5) is 11.4 Å². The lowest BCUT2D eigenvalue weighted by Gasteiger charge is -1.99. The van der Waals surface area contributed by atoms with Crippen LogP contribution >= 0.6 is 11.3 Å². The first kappa shape index (κ1) is 11.5. The van der Waals surface area contributed by atoms with E-state index >= 15 is 0 Å². The smallest absolute Gasteiger partial charge is 0.292 e. The third-order valence-corrected chi connectivity index (χ3v) is 3.52. The summed E-state index contributed by atoms with van der Waals surface area (Å²) in [5.41, 5.74) is 6.72. The Morgan fingerprint density at radius 3 is 2.79 bits per heavy atom. The quantitative estimate of drug-likeness (QED) is 0.436. The minimum absolute atomic E-state index is 0.127. The van der Waals surface area contributed by atoms with Crippen molar-refractivity contribution in [1.29, 1.82) is 0 Å². The molecule has 0 saturated carbocycles. The van der Waals surface area contributed by atoms with Crippen LogP contribution in [-0.2, 0) is 0 Å². The average Bonchev–Trinajstić information content (AvgIpc) is 2.82. The zero-order valence-electron chi connectivity index (χ0n) is 9.48. The van der Waals surface area contributed by atoms with Gasteiger partial charge in [-0.2, -0.15) is 0 Å². The first-order chi connectivity index (χ1) is 9.15. The Balaban J connectivity index is 2.16. The highest BCUT2D eigenvalue weighted by atomic mass is 32.1. The highest BCUT2D eigenvalue weighted by Crippen LogP contribution is 2.32. The molecule has 0 unspecified atom stereocenters. The largest absolute Gasteiger partial charge is 0.393 e. The van der Waals surface area contributed by atoms with E-state index in [0.717, 1.165) is 0 Å². The van der Waals surface area contributed by atoms with Crippen LogP contribution in [0, 0.1) is 10.1 Å². The van der Waals surface area contributed by atoms with Gasteiger partial charge in [0.2, 0.25) is 0 Å². The maximum Gasteiger partial charge on any atom is 0.292 e. The second-order valence-corrected chi connectivity index (χ2v) is 4.71. The first-order valence-electron chi connectivity index (χ1n) is 5.27. The second kappa shape index (κ2) is 4.25. The standard InChI is InChI=1S/C11H7N5O2S/c12-7-2-1-6(5-8(7)16(17)18)10-15-9-11(19-10)14-4-3-13-9/h1-5H,12H2. The summed E-state index contributed by atoms with van der Waals surface area (Å²) in [6.07, 6.45) is 3.13. The molecule has 0 bridgehead atoms. The van der Waals surface area contributed by atoms with Gasteiger partial charge in [0.25, 0.3) is 5.69 Å². The van der Waals surface area contributed by atoms with Gasteiger partial charge >= 0.3 is 0 Å². The van der Waals surface area contributed by atoms with Crippen molar-refractivity contribution in [2.75, 3.05) is 5.73 Å². The van der Waals surface area contributed by atoms with Crippen molar-refractivity contribution in [3.05, 3.63) is 40.7 Å². The van der Waals surface area contributed by atoms with Crippen LogP contribution in [0.25, 0.3) is 21.0 Å². The summed E-state index contributed by atoms with van der Waals surface area (Å²) in [4.78, 5) is 23.6. The van der Waals surface area contributed by atoms with Crippen molar-refractivity contribution in [3.8, 4) is 10.6 Å². The summed E-state index contributed by atoms with van der Waals surface area (Å²) in [7, 11) is 0. The number of anilines is 1. The number of thiazole rings is 1. The molecule has 0 aliphatic rings. The minimum Gasteiger partial charge on any atom is -0.393 e. The van der Waals surface area contributed by atoms with Gasteiger partial charge in [0.05, 0.1) is 4.92 Å². The van der Waals surface area contributed by atoms with E-state index in [1.807, 2.05) is 0 Å². The van der Waals surface area contributed by atoms with Crippen molar-refractivity contribution in [2.45, 2.75) is 0 Å². The van der Waals surface area contributed by atoms with E-state index in [1.54, 1.807) is 18.5 Å². The highest BCUT2D eigenvalue weighted by molar-refractivity contribution is 7.21. The third-order valence-electron chi connectivity index (χ3n) is 2.52. The van der Waals surface area contributed by atoms with Gasteiger partial charge < -0.3 is 5.73 Å². The maximum absolute atomic E-state index is 10.9. The molecule has 2 N–H and O–H groups in total. The monoisotopic (exact) mass is 273 g/mol. The van der Waals surface area contributed by atoms with Crippen molar-refractivity contribution in [2.24, 2.45) is 0 Å². The number of aromatic nitrogens is 3. The molecule has 0 spiro atoms. The van der Waals surface area contributed by atoms with E-state index < -0.39 is 4.92 Å². The lowest BCUT2D eigenvalue weighted by molar-refractivity contribution is -0.383. The highest BCUT2D eigenvalue weighted by Gasteiger charge is 2.15. The van der Waals surface area contributed by atoms with Gasteiger partial charge in [0, 0.05) is 24.0 Å². The van der Waals surface area contributed by atoms with Crippen molar-refractivity contribution < 1.29 is 4.92 Å². The molecule has 7 nitrogen and oxygen atoms in total. The lowest BCUT2D eigenvalue weighted by atomic mass is 10.2. The van der Waals surface area contributed by atoms with E-state index in [9.17, 15) is 10.1 Å². The lowest BCUT2D eigenvalue weighted by Crippen LogP contribution is -1.95. The molecule has 0 fully saturated rings. The SMILES string of the molecule is Nc1ccc(-c2nc3nccnc3s2)cc1[N+](=O)[O-]. The van der Waals surface area contributed by atoms with Gasteiger partial charge in [0.1, 0.15) is 10.7 Å². The summed E-state index contributed by atoms with van der Waals surface area (Å²) in [6, 6.07) is 4.60. The minimum atomic E-state index is -0.511. The number of nitro benzene ring substituents is 1. The number of hydrogen-bond acceptors (Lipinski definition) is 7. The van der Waals surface area contributed by atoms with Crippen LogP contribution in [0.2, 0.25) is 0 Å². The fraction of sp³-hybridized carbons (Fsp3) is 0. The molecule has 94 valence electrons. The molecule has 3 aromatic rings. The Labute approximate surface area is 110 Å². The molecule has 8 heteroatoms. The van der Waals surface area contributed by atoms with E-state index in [4.69, 9.17) is 5.73 Å². The third kappa shape index (κ3) is 1.97. The normalized spacial score (nSPS) is 10.7. The van der Waals surface area contributed by atoms with Gasteiger partial charge in [-0.05, 0) is 12.1 Å². The molecule has 0 saturated heterocycles. The van der Waals surface area contributed by atoms with Gasteiger partial charge in [-0.25, -0.2) is 15.0 Å². The molecule has 0 atom stereocenters. The summed E-state index contributed by atoms with van der Waals surface area (Å²) in [6.45, 7) is 0. The van der Waals surface area contributed by atoms with Gasteiger partial charge in [-0.15, -0.1) is 0 Å². The van der Waals surface area contributed by atoms with Gasteiger partial charge in [0.15, 0.2) is 10.5 Å². The molecule has 0 radical (unpaired) electrons. The average molecular weight is 273 g/mol. The molecular weight excluding hydrogens is 266 g/mol. The number of nitrogens with two attached hydrogens (primary N) is 1. The fourth-order valence-electron chi connectivity index (χ4n) is 1.64. The number of nitrogen functional groups attached to an aromatic ring is 1. The molecule has 19 heavy (non-hydrogen) atoms. The van der Waals surface area contributed by atoms with E-state index in [-0.39, 0.29) is 11.4 Å². The molecule has 2 aromatic heterocycles. The van der Waals surface area contributed by atoms with Gasteiger partial charge in [-0.1, -0.05) is 11.3 Å². The van der Waals surface area contributed by atoms with E-state index in [2.05, 4.69) is 15.0 Å². The molecular formula is C11H7N5O2S. The molecule has 0 aliphatic heterocycles. The zero-order chi connectivity index (χ0) is 13.4. The Kier molecular flexibility index (Phi) is 2.57. The predicted molar refractivity (Wildman–Crippen MR) is 71.7 cm³/mol. The topological polar surface area (TPSA) is 108 Å². The number of benzene rings is 1. The number of fused-ring (bicyclic) bond motifs is 1. The van der Waals surface area contributed by atoms with Crippen LogP contribution < -0.4 is 5.73 Å². The molecule has 2 heterocycles. The van der Waals surface area contributed by atoms with Crippen molar-refractivity contribution in [1.82, 2.24) is 15.0 Å². The van der Waals surface area contributed by atoms with Crippen molar-refractivity contribution >= 4 is 33.2 Å². The maximum atomic E-state index is 10.9.